The van der Waals surface area contributed by atoms with Crippen LogP contribution in [0.1, 0.15) is 11.1 Å². The normalized spacial score (nSPS) is 10.3. The molecule has 0 bridgehead atoms. The fraction of sp³-hybridized carbons (Fsp3) is 0.200. The van der Waals surface area contributed by atoms with Crippen LogP contribution in [0.3, 0.4) is 0 Å². The van der Waals surface area contributed by atoms with E-state index < -0.39 is 0 Å². The highest BCUT2D eigenvalue weighted by Gasteiger charge is 1.98. The highest BCUT2D eigenvalue weighted by Crippen LogP contribution is 2.16. The van der Waals surface area contributed by atoms with Crippen molar-refractivity contribution in [2.45, 2.75) is 13.2 Å². The fourth-order valence-electron chi connectivity index (χ4n) is 1.76. The molecule has 1 N–H and O–H groups in total. The molecule has 3 heteroatoms. The molecule has 94 valence electrons. The van der Waals surface area contributed by atoms with Gasteiger partial charge in [0.25, 0.3) is 0 Å². The van der Waals surface area contributed by atoms with Crippen molar-refractivity contribution in [2.24, 2.45) is 0 Å². The van der Waals surface area contributed by atoms with E-state index in [-0.39, 0.29) is 0 Å². The maximum absolute atomic E-state index is 5.78. The number of ether oxygens (including phenoxy) is 1. The molecule has 0 aliphatic heterocycles. The zero-order valence-corrected chi connectivity index (χ0v) is 12.5. The predicted molar refractivity (Wildman–Crippen MR) is 82.7 cm³/mol. The molecule has 0 unspecified atom stereocenters. The van der Waals surface area contributed by atoms with Crippen molar-refractivity contribution in [3.8, 4) is 5.75 Å². The van der Waals surface area contributed by atoms with Gasteiger partial charge in [-0.2, -0.15) is 0 Å². The van der Waals surface area contributed by atoms with Gasteiger partial charge in [0.2, 0.25) is 0 Å². The number of rotatable bonds is 5. The van der Waals surface area contributed by atoms with Crippen molar-refractivity contribution < 1.29 is 4.74 Å². The van der Waals surface area contributed by atoms with Gasteiger partial charge in [-0.25, -0.2) is 0 Å². The second kappa shape index (κ2) is 6.75. The minimum absolute atomic E-state index is 0.609. The van der Waals surface area contributed by atoms with Gasteiger partial charge in [0, 0.05) is 10.1 Å². The van der Waals surface area contributed by atoms with E-state index in [9.17, 15) is 0 Å². The number of hydrogen-bond acceptors (Lipinski definition) is 2. The van der Waals surface area contributed by atoms with E-state index in [1.807, 2.05) is 25.2 Å². The SMILES string of the molecule is CNCc1cccc(COc2cccc(I)c2)c1. The topological polar surface area (TPSA) is 21.3 Å². The van der Waals surface area contributed by atoms with Gasteiger partial charge in [-0.05, 0) is 59.0 Å². The lowest BCUT2D eigenvalue weighted by molar-refractivity contribution is 0.306. The minimum atomic E-state index is 0.609. The summed E-state index contributed by atoms with van der Waals surface area (Å²) in [7, 11) is 1.95. The molecule has 0 saturated carbocycles. The average Bonchev–Trinajstić information content (AvgIpc) is 2.37. The van der Waals surface area contributed by atoms with Crippen molar-refractivity contribution in [1.29, 1.82) is 0 Å². The zero-order valence-electron chi connectivity index (χ0n) is 10.3. The van der Waals surface area contributed by atoms with E-state index in [0.717, 1.165) is 12.3 Å². The molecule has 2 aromatic rings. The lowest BCUT2D eigenvalue weighted by Crippen LogP contribution is -2.05. The third-order valence-corrected chi connectivity index (χ3v) is 3.24. The summed E-state index contributed by atoms with van der Waals surface area (Å²) >= 11 is 2.29. The zero-order chi connectivity index (χ0) is 12.8. The van der Waals surface area contributed by atoms with Gasteiger partial charge in [-0.1, -0.05) is 30.3 Å². The Bertz CT molecular complexity index is 513. The molecule has 0 radical (unpaired) electrons. The average molecular weight is 353 g/mol. The van der Waals surface area contributed by atoms with Crippen LogP contribution < -0.4 is 10.1 Å². The first-order valence-electron chi connectivity index (χ1n) is 5.89. The smallest absolute Gasteiger partial charge is 0.120 e. The van der Waals surface area contributed by atoms with E-state index in [0.29, 0.717) is 6.61 Å². The van der Waals surface area contributed by atoms with Crippen LogP contribution in [0, 0.1) is 3.57 Å². The summed E-state index contributed by atoms with van der Waals surface area (Å²) in [4.78, 5) is 0. The second-order valence-corrected chi connectivity index (χ2v) is 5.34. The largest absolute Gasteiger partial charge is 0.489 e. The first-order chi connectivity index (χ1) is 8.78. The maximum Gasteiger partial charge on any atom is 0.120 e. The highest BCUT2D eigenvalue weighted by molar-refractivity contribution is 14.1. The molecule has 0 spiro atoms. The number of benzene rings is 2. The Kier molecular flexibility index (Phi) is 5.01. The summed E-state index contributed by atoms with van der Waals surface area (Å²) < 4.78 is 6.97. The van der Waals surface area contributed by atoms with Crippen molar-refractivity contribution in [1.82, 2.24) is 5.32 Å². The van der Waals surface area contributed by atoms with Gasteiger partial charge in [-0.3, -0.25) is 0 Å². The van der Waals surface area contributed by atoms with Crippen LogP contribution in [0.4, 0.5) is 0 Å². The quantitative estimate of drug-likeness (QED) is 0.830. The summed E-state index contributed by atoms with van der Waals surface area (Å²) in [5.41, 5.74) is 2.47. The van der Waals surface area contributed by atoms with Crippen LogP contribution in [0.15, 0.2) is 48.5 Å². The van der Waals surface area contributed by atoms with Gasteiger partial charge in [0.05, 0.1) is 0 Å². The lowest BCUT2D eigenvalue weighted by Gasteiger charge is -2.08. The van der Waals surface area contributed by atoms with Gasteiger partial charge >= 0.3 is 0 Å². The summed E-state index contributed by atoms with van der Waals surface area (Å²) in [6, 6.07) is 16.5. The van der Waals surface area contributed by atoms with E-state index >= 15 is 0 Å². The minimum Gasteiger partial charge on any atom is -0.489 e. The first kappa shape index (κ1) is 13.4. The Labute approximate surface area is 122 Å². The maximum atomic E-state index is 5.78. The summed E-state index contributed by atoms with van der Waals surface area (Å²) in [5, 5.41) is 3.15. The lowest BCUT2D eigenvalue weighted by atomic mass is 10.1. The monoisotopic (exact) mass is 353 g/mol. The van der Waals surface area contributed by atoms with Crippen LogP contribution in [0.5, 0.6) is 5.75 Å². The van der Waals surface area contributed by atoms with E-state index in [2.05, 4.69) is 58.2 Å². The Morgan fingerprint density at radius 1 is 1.06 bits per heavy atom. The Morgan fingerprint density at radius 3 is 2.61 bits per heavy atom. The van der Waals surface area contributed by atoms with Crippen LogP contribution in [-0.4, -0.2) is 7.05 Å². The molecule has 0 fully saturated rings. The number of halogens is 1. The molecule has 18 heavy (non-hydrogen) atoms. The van der Waals surface area contributed by atoms with Crippen LogP contribution in [0.25, 0.3) is 0 Å². The van der Waals surface area contributed by atoms with E-state index in [1.165, 1.54) is 14.7 Å². The Balaban J connectivity index is 1.99. The summed E-state index contributed by atoms with van der Waals surface area (Å²) in [5.74, 6) is 0.918. The van der Waals surface area contributed by atoms with Crippen LogP contribution >= 0.6 is 22.6 Å². The third kappa shape index (κ3) is 3.99. The molecule has 2 aromatic carbocycles. The molecule has 0 aromatic heterocycles. The van der Waals surface area contributed by atoms with Crippen molar-refractivity contribution >= 4 is 22.6 Å². The van der Waals surface area contributed by atoms with Gasteiger partial charge in [0.15, 0.2) is 0 Å². The first-order valence-corrected chi connectivity index (χ1v) is 6.96. The molecule has 0 amide bonds. The number of hydrogen-bond donors (Lipinski definition) is 1. The van der Waals surface area contributed by atoms with Crippen molar-refractivity contribution in [3.05, 3.63) is 63.2 Å². The molecular formula is C15H16INO. The van der Waals surface area contributed by atoms with Gasteiger partial charge in [-0.15, -0.1) is 0 Å². The molecule has 0 aliphatic rings. The molecule has 0 saturated heterocycles. The van der Waals surface area contributed by atoms with Crippen LogP contribution in [-0.2, 0) is 13.2 Å². The fourth-order valence-corrected chi connectivity index (χ4v) is 2.27. The standard InChI is InChI=1S/C15H16INO/c1-17-10-12-4-2-5-13(8-12)11-18-15-7-3-6-14(16)9-15/h2-9,17H,10-11H2,1H3. The Morgan fingerprint density at radius 2 is 1.83 bits per heavy atom. The van der Waals surface area contributed by atoms with E-state index in [4.69, 9.17) is 4.74 Å². The second-order valence-electron chi connectivity index (χ2n) is 4.10. The molecule has 0 aliphatic carbocycles. The summed E-state index contributed by atoms with van der Waals surface area (Å²) in [6.45, 7) is 1.49. The molecule has 0 heterocycles. The number of nitrogens with one attached hydrogen (secondary N) is 1. The van der Waals surface area contributed by atoms with Crippen molar-refractivity contribution in [3.63, 3.8) is 0 Å². The molecular weight excluding hydrogens is 337 g/mol. The van der Waals surface area contributed by atoms with E-state index in [1.54, 1.807) is 0 Å². The van der Waals surface area contributed by atoms with Gasteiger partial charge in [0.1, 0.15) is 12.4 Å². The summed E-state index contributed by atoms with van der Waals surface area (Å²) in [6.07, 6.45) is 0. The molecule has 0 atom stereocenters. The molecule has 2 nitrogen and oxygen atoms in total. The highest BCUT2D eigenvalue weighted by atomic mass is 127. The molecule has 2 rings (SSSR count). The van der Waals surface area contributed by atoms with Crippen molar-refractivity contribution in [2.75, 3.05) is 7.05 Å². The Hall–Kier alpha value is -1.07. The van der Waals surface area contributed by atoms with Gasteiger partial charge < -0.3 is 10.1 Å². The van der Waals surface area contributed by atoms with Crippen LogP contribution in [0.2, 0.25) is 0 Å². The third-order valence-electron chi connectivity index (χ3n) is 2.57. The predicted octanol–water partition coefficient (Wildman–Crippen LogP) is 3.59.